The lowest BCUT2D eigenvalue weighted by Gasteiger charge is -2.31. The molecule has 1 aliphatic carbocycles. The number of morpholine rings is 1. The van der Waals surface area contributed by atoms with Crippen molar-refractivity contribution in [2.75, 3.05) is 26.3 Å². The monoisotopic (exact) mass is 417 g/mol. The lowest BCUT2D eigenvalue weighted by molar-refractivity contribution is -0.384. The summed E-state index contributed by atoms with van der Waals surface area (Å²) in [4.78, 5) is 17.3. The Morgan fingerprint density at radius 3 is 2.68 bits per heavy atom. The Labute approximate surface area is 180 Å². The zero-order valence-electron chi connectivity index (χ0n) is 17.1. The molecule has 2 aromatic rings. The van der Waals surface area contributed by atoms with E-state index in [1.165, 1.54) is 6.07 Å². The van der Waals surface area contributed by atoms with Crippen LogP contribution in [0.15, 0.2) is 75.7 Å². The molecule has 8 nitrogen and oxygen atoms in total. The van der Waals surface area contributed by atoms with Crippen LogP contribution >= 0.6 is 0 Å². The molecule has 158 valence electrons. The lowest BCUT2D eigenvalue weighted by Crippen LogP contribution is -2.36. The number of benzene rings is 1. The number of allylic oxidation sites excluding steroid dienone is 2. The minimum absolute atomic E-state index is 0.0925. The largest absolute Gasteiger partial charge is 0.378 e. The van der Waals surface area contributed by atoms with Gasteiger partial charge in [-0.15, -0.1) is 0 Å². The Balaban J connectivity index is 1.62. The number of nitro groups is 1. The first-order valence-electron chi connectivity index (χ1n) is 10.2. The van der Waals surface area contributed by atoms with Gasteiger partial charge >= 0.3 is 0 Å². The van der Waals surface area contributed by atoms with Crippen molar-refractivity contribution in [3.05, 3.63) is 86.9 Å². The van der Waals surface area contributed by atoms with Gasteiger partial charge in [0.2, 0.25) is 0 Å². The van der Waals surface area contributed by atoms with E-state index < -0.39 is 0 Å². The number of aromatic nitrogens is 1. The summed E-state index contributed by atoms with van der Waals surface area (Å²) in [6.07, 6.45) is 8.87. The van der Waals surface area contributed by atoms with Gasteiger partial charge in [0.25, 0.3) is 5.69 Å². The van der Waals surface area contributed by atoms with E-state index in [1.54, 1.807) is 30.8 Å². The molecule has 1 aromatic heterocycles. The van der Waals surface area contributed by atoms with Gasteiger partial charge in [0, 0.05) is 37.1 Å². The van der Waals surface area contributed by atoms with Gasteiger partial charge in [0.15, 0.2) is 0 Å². The molecule has 0 atom stereocenters. The number of non-ortho nitro benzene ring substituents is 1. The average Bonchev–Trinajstić information content (AvgIpc) is 3.20. The van der Waals surface area contributed by atoms with Crippen LogP contribution in [-0.4, -0.2) is 53.5 Å². The molecule has 4 rings (SSSR count). The van der Waals surface area contributed by atoms with Gasteiger partial charge in [0.05, 0.1) is 36.3 Å². The smallest absolute Gasteiger partial charge is 0.270 e. The Morgan fingerprint density at radius 1 is 1.06 bits per heavy atom. The van der Waals surface area contributed by atoms with E-state index in [9.17, 15) is 10.1 Å². The van der Waals surface area contributed by atoms with Crippen molar-refractivity contribution in [3.63, 3.8) is 0 Å². The molecule has 1 aliphatic heterocycles. The van der Waals surface area contributed by atoms with E-state index in [4.69, 9.17) is 4.74 Å². The fourth-order valence-corrected chi connectivity index (χ4v) is 3.75. The third kappa shape index (κ3) is 5.29. The Bertz CT molecular complexity index is 1050. The summed E-state index contributed by atoms with van der Waals surface area (Å²) in [5, 5.41) is 19.5. The average molecular weight is 417 g/mol. The van der Waals surface area contributed by atoms with E-state index >= 15 is 0 Å². The molecule has 0 amide bonds. The minimum atomic E-state index is -0.368. The summed E-state index contributed by atoms with van der Waals surface area (Å²) in [5.74, 6) is 0. The molecule has 2 aliphatic rings. The number of pyridine rings is 1. The van der Waals surface area contributed by atoms with Crippen LogP contribution in [0.2, 0.25) is 0 Å². The molecule has 0 radical (unpaired) electrons. The molecule has 2 heterocycles. The standard InChI is InChI=1S/C23H23N5O3/c29-28(30)22-6-3-4-18(15-22)14-19-7-8-20(23(19)27-10-12-31-13-11-27)16-25-26-17-21-5-1-2-9-24-21/h1-6,9,14-17H,7-8,10-13H2. The third-order valence-electron chi connectivity index (χ3n) is 5.18. The van der Waals surface area contributed by atoms with Gasteiger partial charge in [0.1, 0.15) is 0 Å². The molecular weight excluding hydrogens is 394 g/mol. The Kier molecular flexibility index (Phi) is 6.59. The highest BCUT2D eigenvalue weighted by Crippen LogP contribution is 2.35. The second-order valence-corrected chi connectivity index (χ2v) is 7.24. The van der Waals surface area contributed by atoms with E-state index in [-0.39, 0.29) is 10.6 Å². The lowest BCUT2D eigenvalue weighted by atomic mass is 10.1. The maximum atomic E-state index is 11.1. The first kappa shape index (κ1) is 20.6. The van der Waals surface area contributed by atoms with Crippen LogP contribution in [0.1, 0.15) is 24.1 Å². The van der Waals surface area contributed by atoms with E-state index in [2.05, 4.69) is 20.1 Å². The van der Waals surface area contributed by atoms with E-state index in [1.807, 2.05) is 30.3 Å². The summed E-state index contributed by atoms with van der Waals surface area (Å²) >= 11 is 0. The molecule has 8 heteroatoms. The number of rotatable bonds is 6. The van der Waals surface area contributed by atoms with Crippen LogP contribution in [0, 0.1) is 10.1 Å². The number of nitro benzene ring substituents is 1. The molecule has 1 saturated heterocycles. The first-order chi connectivity index (χ1) is 15.2. The summed E-state index contributed by atoms with van der Waals surface area (Å²) in [7, 11) is 0. The van der Waals surface area contributed by atoms with Crippen molar-refractivity contribution in [1.29, 1.82) is 0 Å². The van der Waals surface area contributed by atoms with Crippen molar-refractivity contribution in [2.45, 2.75) is 12.8 Å². The zero-order chi connectivity index (χ0) is 21.5. The number of hydrogen-bond donors (Lipinski definition) is 0. The molecule has 31 heavy (non-hydrogen) atoms. The summed E-state index contributed by atoms with van der Waals surface area (Å²) in [6.45, 7) is 2.96. The van der Waals surface area contributed by atoms with Gasteiger partial charge in [-0.2, -0.15) is 10.2 Å². The molecule has 0 spiro atoms. The number of nitrogens with zero attached hydrogens (tertiary/aromatic N) is 5. The maximum absolute atomic E-state index is 11.1. The molecule has 1 aromatic carbocycles. The van der Waals surface area contributed by atoms with Gasteiger partial charge in [-0.3, -0.25) is 15.1 Å². The van der Waals surface area contributed by atoms with Gasteiger partial charge in [-0.25, -0.2) is 0 Å². The highest BCUT2D eigenvalue weighted by molar-refractivity contribution is 5.85. The topological polar surface area (TPSA) is 93.2 Å². The number of hydrogen-bond acceptors (Lipinski definition) is 7. The third-order valence-corrected chi connectivity index (χ3v) is 5.18. The highest BCUT2D eigenvalue weighted by atomic mass is 16.6. The summed E-state index contributed by atoms with van der Waals surface area (Å²) < 4.78 is 5.51. The van der Waals surface area contributed by atoms with Crippen molar-refractivity contribution in [3.8, 4) is 0 Å². The van der Waals surface area contributed by atoms with Crippen LogP contribution in [-0.2, 0) is 4.74 Å². The van der Waals surface area contributed by atoms with Crippen molar-refractivity contribution in [1.82, 2.24) is 9.88 Å². The SMILES string of the molecule is O=[N+]([O-])c1cccc(C=C2CCC(C=NN=Cc3ccccn3)=C2N2CCOCC2)c1. The van der Waals surface area contributed by atoms with Crippen LogP contribution in [0.25, 0.3) is 6.08 Å². The number of ether oxygens (including phenoxy) is 1. The van der Waals surface area contributed by atoms with E-state index in [0.717, 1.165) is 54.0 Å². The van der Waals surface area contributed by atoms with Crippen molar-refractivity contribution in [2.24, 2.45) is 10.2 Å². The predicted octanol–water partition coefficient (Wildman–Crippen LogP) is 3.86. The maximum Gasteiger partial charge on any atom is 0.270 e. The zero-order valence-corrected chi connectivity index (χ0v) is 17.1. The van der Waals surface area contributed by atoms with Crippen molar-refractivity contribution < 1.29 is 9.66 Å². The highest BCUT2D eigenvalue weighted by Gasteiger charge is 2.25. The van der Waals surface area contributed by atoms with Crippen molar-refractivity contribution >= 4 is 24.2 Å². The second kappa shape index (κ2) is 9.90. The molecular formula is C23H23N5O3. The van der Waals surface area contributed by atoms with Crippen LogP contribution < -0.4 is 0 Å². The summed E-state index contributed by atoms with van der Waals surface area (Å²) in [5.41, 5.74) is 5.05. The van der Waals surface area contributed by atoms with Gasteiger partial charge in [-0.1, -0.05) is 18.2 Å². The molecule has 0 saturated carbocycles. The van der Waals surface area contributed by atoms with Crippen LogP contribution in [0.5, 0.6) is 0 Å². The fraction of sp³-hybridized carbons (Fsp3) is 0.261. The van der Waals surface area contributed by atoms with E-state index in [0.29, 0.717) is 13.2 Å². The minimum Gasteiger partial charge on any atom is -0.378 e. The molecule has 0 unspecified atom stereocenters. The molecule has 1 fully saturated rings. The van der Waals surface area contributed by atoms with Gasteiger partial charge in [-0.05, 0) is 47.8 Å². The molecule has 0 N–H and O–H groups in total. The molecule has 0 bridgehead atoms. The Morgan fingerprint density at radius 2 is 1.90 bits per heavy atom. The quantitative estimate of drug-likeness (QED) is 0.404. The second-order valence-electron chi connectivity index (χ2n) is 7.24. The van der Waals surface area contributed by atoms with Crippen LogP contribution in [0.3, 0.4) is 0 Å². The predicted molar refractivity (Wildman–Crippen MR) is 120 cm³/mol. The van der Waals surface area contributed by atoms with Crippen LogP contribution in [0.4, 0.5) is 5.69 Å². The summed E-state index contributed by atoms with van der Waals surface area (Å²) in [6, 6.07) is 12.3. The Hall–Kier alpha value is -3.65. The van der Waals surface area contributed by atoms with Gasteiger partial charge < -0.3 is 9.64 Å². The first-order valence-corrected chi connectivity index (χ1v) is 10.2. The normalized spacial score (nSPS) is 18.6. The fourth-order valence-electron chi connectivity index (χ4n) is 3.75.